The van der Waals surface area contributed by atoms with Crippen LogP contribution in [0.3, 0.4) is 0 Å². The van der Waals surface area contributed by atoms with Crippen molar-refractivity contribution < 1.29 is 28.6 Å². The molecule has 1 heterocycles. The molecule has 0 saturated carbocycles. The second kappa shape index (κ2) is 10.4. The third kappa shape index (κ3) is 5.81. The van der Waals surface area contributed by atoms with Gasteiger partial charge in [-0.1, -0.05) is 32.9 Å². The molecular weight excluding hydrogens is 401 g/mol. The molecule has 6 nitrogen and oxygen atoms in total. The summed E-state index contributed by atoms with van der Waals surface area (Å²) in [4.78, 5) is 29.1. The number of aryl methyl sites for hydroxylation is 1. The highest BCUT2D eigenvalue weighted by Crippen LogP contribution is 2.32. The molecule has 0 aliphatic carbocycles. The van der Waals surface area contributed by atoms with Gasteiger partial charge in [0.1, 0.15) is 11.9 Å². The normalized spacial score (nSPS) is 14.1. The summed E-state index contributed by atoms with van der Waals surface area (Å²) in [5, 5.41) is 10.1. The molecule has 0 fully saturated rings. The number of carbonyl (C=O) groups is 2. The van der Waals surface area contributed by atoms with Gasteiger partial charge in [-0.2, -0.15) is 0 Å². The van der Waals surface area contributed by atoms with Gasteiger partial charge < -0.3 is 14.6 Å². The number of carbonyl (C=O) groups excluding carboxylic acids is 2. The summed E-state index contributed by atoms with van der Waals surface area (Å²) in [6, 6.07) is 6.34. The number of nitrogens with zero attached hydrogens (tertiary/aromatic N) is 1. The second-order valence-electron chi connectivity index (χ2n) is 8.16. The van der Waals surface area contributed by atoms with Crippen molar-refractivity contribution in [3.63, 3.8) is 0 Å². The first kappa shape index (κ1) is 24.3. The van der Waals surface area contributed by atoms with Gasteiger partial charge in [-0.3, -0.25) is 9.59 Å². The molecule has 0 radical (unpaired) electrons. The zero-order chi connectivity index (χ0) is 23.3. The predicted molar refractivity (Wildman–Crippen MR) is 115 cm³/mol. The number of halogens is 1. The van der Waals surface area contributed by atoms with Gasteiger partial charge in [0.2, 0.25) is 0 Å². The van der Waals surface area contributed by atoms with Crippen molar-refractivity contribution in [3.05, 3.63) is 53.1 Å². The third-order valence-corrected chi connectivity index (χ3v) is 5.36. The first-order valence-electron chi connectivity index (χ1n) is 10.3. The lowest BCUT2D eigenvalue weighted by Gasteiger charge is -2.29. The molecule has 2 aromatic rings. The Morgan fingerprint density at radius 2 is 1.84 bits per heavy atom. The van der Waals surface area contributed by atoms with Gasteiger partial charge in [-0.25, -0.2) is 9.37 Å². The Kier molecular flexibility index (Phi) is 8.14. The fourth-order valence-electron chi connectivity index (χ4n) is 3.71. The summed E-state index contributed by atoms with van der Waals surface area (Å²) in [7, 11) is 1.37. The van der Waals surface area contributed by atoms with E-state index in [4.69, 9.17) is 9.47 Å². The summed E-state index contributed by atoms with van der Waals surface area (Å²) in [6.45, 7) is 9.11. The second-order valence-corrected chi connectivity index (χ2v) is 8.16. The Morgan fingerprint density at radius 1 is 1.16 bits per heavy atom. The van der Waals surface area contributed by atoms with E-state index in [1.807, 2.05) is 13.8 Å². The number of Topliss-reactive ketones (excluding diaryl/α,β-unsaturated/α-hetero) is 1. The van der Waals surface area contributed by atoms with Gasteiger partial charge >= 0.3 is 5.97 Å². The minimum absolute atomic E-state index is 0.129. The number of hydrogen-bond donors (Lipinski definition) is 1. The molecule has 0 aliphatic heterocycles. The SMILES string of the molecule is COc1ccnc(C(=O)C[C@@H](C)C(=O)O[C@@H](C)[C@H](c2ccc(F)c(C)c2)C(C)C)c1O. The van der Waals surface area contributed by atoms with Crippen LogP contribution in [0.2, 0.25) is 0 Å². The van der Waals surface area contributed by atoms with Crippen molar-refractivity contribution in [2.45, 2.75) is 53.1 Å². The smallest absolute Gasteiger partial charge is 0.309 e. The minimum atomic E-state index is -0.731. The van der Waals surface area contributed by atoms with Crippen LogP contribution >= 0.6 is 0 Å². The Balaban J connectivity index is 2.10. The Hall–Kier alpha value is -2.96. The lowest BCUT2D eigenvalue weighted by atomic mass is 9.83. The van der Waals surface area contributed by atoms with Crippen LogP contribution in [-0.4, -0.2) is 35.1 Å². The van der Waals surface area contributed by atoms with E-state index in [0.29, 0.717) is 5.56 Å². The number of rotatable bonds is 9. The van der Waals surface area contributed by atoms with Gasteiger partial charge in [0, 0.05) is 24.6 Å². The van der Waals surface area contributed by atoms with Crippen molar-refractivity contribution in [3.8, 4) is 11.5 Å². The molecule has 1 N–H and O–H groups in total. The van der Waals surface area contributed by atoms with E-state index in [2.05, 4.69) is 4.98 Å². The maximum absolute atomic E-state index is 13.7. The average Bonchev–Trinajstić information content (AvgIpc) is 2.70. The number of ether oxygens (including phenoxy) is 2. The van der Waals surface area contributed by atoms with Gasteiger partial charge in [-0.05, 0) is 37.0 Å². The molecule has 2 rings (SSSR count). The number of methoxy groups -OCH3 is 1. The number of hydrogen-bond acceptors (Lipinski definition) is 6. The quantitative estimate of drug-likeness (QED) is 0.452. The molecule has 0 bridgehead atoms. The number of aromatic hydroxyl groups is 1. The minimum Gasteiger partial charge on any atom is -0.503 e. The molecule has 0 unspecified atom stereocenters. The molecular formula is C24H30FNO5. The van der Waals surface area contributed by atoms with Crippen LogP contribution in [0.1, 0.15) is 61.6 Å². The fraction of sp³-hybridized carbons (Fsp3) is 0.458. The highest BCUT2D eigenvalue weighted by molar-refractivity contribution is 5.99. The van der Waals surface area contributed by atoms with E-state index < -0.39 is 23.8 Å². The largest absolute Gasteiger partial charge is 0.503 e. The van der Waals surface area contributed by atoms with Crippen LogP contribution in [0.5, 0.6) is 11.5 Å². The number of pyridine rings is 1. The van der Waals surface area contributed by atoms with E-state index in [1.54, 1.807) is 32.9 Å². The van der Waals surface area contributed by atoms with E-state index in [9.17, 15) is 19.1 Å². The van der Waals surface area contributed by atoms with Crippen LogP contribution in [0, 0.1) is 24.6 Å². The summed E-state index contributed by atoms with van der Waals surface area (Å²) in [6.07, 6.45) is 0.717. The molecule has 0 amide bonds. The third-order valence-electron chi connectivity index (χ3n) is 5.36. The van der Waals surface area contributed by atoms with Gasteiger partial charge in [-0.15, -0.1) is 0 Å². The summed E-state index contributed by atoms with van der Waals surface area (Å²) >= 11 is 0. The first-order chi connectivity index (χ1) is 14.6. The zero-order valence-electron chi connectivity index (χ0n) is 18.8. The predicted octanol–water partition coefficient (Wildman–Crippen LogP) is 4.82. The molecule has 0 aliphatic rings. The Labute approximate surface area is 182 Å². The van der Waals surface area contributed by atoms with Crippen molar-refractivity contribution in [1.82, 2.24) is 4.98 Å². The van der Waals surface area contributed by atoms with E-state index in [-0.39, 0.29) is 41.3 Å². The molecule has 0 saturated heterocycles. The van der Waals surface area contributed by atoms with E-state index >= 15 is 0 Å². The molecule has 1 aromatic heterocycles. The first-order valence-corrected chi connectivity index (χ1v) is 10.3. The molecule has 31 heavy (non-hydrogen) atoms. The topological polar surface area (TPSA) is 85.7 Å². The zero-order valence-corrected chi connectivity index (χ0v) is 18.8. The molecule has 0 spiro atoms. The fourth-order valence-corrected chi connectivity index (χ4v) is 3.71. The maximum Gasteiger partial charge on any atom is 0.309 e. The van der Waals surface area contributed by atoms with Gasteiger partial charge in [0.05, 0.1) is 13.0 Å². The maximum atomic E-state index is 13.7. The van der Waals surface area contributed by atoms with Crippen molar-refractivity contribution in [2.75, 3.05) is 7.11 Å². The van der Waals surface area contributed by atoms with E-state index in [1.165, 1.54) is 25.4 Å². The molecule has 7 heteroatoms. The number of esters is 1. The van der Waals surface area contributed by atoms with Crippen LogP contribution in [-0.2, 0) is 9.53 Å². The summed E-state index contributed by atoms with van der Waals surface area (Å²) in [5.41, 5.74) is 1.28. The van der Waals surface area contributed by atoms with Gasteiger partial charge in [0.25, 0.3) is 0 Å². The van der Waals surface area contributed by atoms with Crippen LogP contribution < -0.4 is 4.74 Å². The van der Waals surface area contributed by atoms with Crippen LogP contribution in [0.25, 0.3) is 0 Å². The summed E-state index contributed by atoms with van der Waals surface area (Å²) in [5.74, 6) is -2.22. The lowest BCUT2D eigenvalue weighted by Crippen LogP contribution is -2.29. The molecule has 1 aromatic carbocycles. The number of ketones is 1. The van der Waals surface area contributed by atoms with E-state index in [0.717, 1.165) is 5.56 Å². The average molecular weight is 432 g/mol. The number of benzene rings is 1. The molecule has 168 valence electrons. The lowest BCUT2D eigenvalue weighted by molar-refractivity contribution is -0.154. The van der Waals surface area contributed by atoms with Crippen LogP contribution in [0.4, 0.5) is 4.39 Å². The number of aromatic nitrogens is 1. The van der Waals surface area contributed by atoms with Gasteiger partial charge in [0.15, 0.2) is 23.0 Å². The highest BCUT2D eigenvalue weighted by atomic mass is 19.1. The Morgan fingerprint density at radius 3 is 2.42 bits per heavy atom. The molecule has 3 atom stereocenters. The van der Waals surface area contributed by atoms with Crippen LogP contribution in [0.15, 0.2) is 30.5 Å². The Bertz CT molecular complexity index is 944. The summed E-state index contributed by atoms with van der Waals surface area (Å²) < 4.78 is 24.3. The van der Waals surface area contributed by atoms with Crippen molar-refractivity contribution >= 4 is 11.8 Å². The standard InChI is InChI=1S/C24H30FNO5/c1-13(2)21(17-7-8-18(25)14(3)11-17)16(5)31-24(29)15(4)12-19(27)22-23(28)20(30-6)9-10-26-22/h7-11,13,15-16,21,28H,12H2,1-6H3/t15-,16+,21-/m1/s1. The van der Waals surface area contributed by atoms with Crippen molar-refractivity contribution in [2.24, 2.45) is 11.8 Å². The highest BCUT2D eigenvalue weighted by Gasteiger charge is 2.29. The monoisotopic (exact) mass is 431 g/mol. The van der Waals surface area contributed by atoms with Crippen molar-refractivity contribution in [1.29, 1.82) is 0 Å².